The number of anilines is 1. The van der Waals surface area contributed by atoms with E-state index >= 15 is 0 Å². The first kappa shape index (κ1) is 20.3. The van der Waals surface area contributed by atoms with Crippen molar-refractivity contribution in [3.05, 3.63) is 29.8 Å². The summed E-state index contributed by atoms with van der Waals surface area (Å²) in [5, 5.41) is 2.86. The molecule has 2 aliphatic heterocycles. The highest BCUT2D eigenvalue weighted by atomic mass is 16.5. The number of hydrogen-bond acceptors (Lipinski definition) is 4. The van der Waals surface area contributed by atoms with E-state index < -0.39 is 0 Å². The summed E-state index contributed by atoms with van der Waals surface area (Å²) in [4.78, 5) is 40.7. The van der Waals surface area contributed by atoms with Crippen molar-refractivity contribution in [2.45, 2.75) is 52.4 Å². The third-order valence-corrected chi connectivity index (χ3v) is 5.26. The number of ether oxygens (including phenoxy) is 1. The minimum atomic E-state index is -0.340. The van der Waals surface area contributed by atoms with Gasteiger partial charge in [-0.2, -0.15) is 0 Å². The zero-order chi connectivity index (χ0) is 20.4. The van der Waals surface area contributed by atoms with Crippen LogP contribution in [-0.2, 0) is 14.3 Å². The van der Waals surface area contributed by atoms with E-state index in [-0.39, 0.29) is 48.3 Å². The van der Waals surface area contributed by atoms with Gasteiger partial charge in [0.05, 0.1) is 18.1 Å². The first-order valence-electron chi connectivity index (χ1n) is 9.89. The topological polar surface area (TPSA) is 79.0 Å². The van der Waals surface area contributed by atoms with Crippen LogP contribution in [0.5, 0.6) is 0 Å². The van der Waals surface area contributed by atoms with Crippen molar-refractivity contribution in [1.29, 1.82) is 0 Å². The Labute approximate surface area is 166 Å². The summed E-state index contributed by atoms with van der Waals surface area (Å²) in [6, 6.07) is 7.01. The number of hydrogen-bond donors (Lipinski definition) is 1. The SMILES string of the molecule is CC1CN(C(=O)c2ccc(NC(=O)C3CC(=O)N(C(C)C)C3)cc2)CC(C)O1. The van der Waals surface area contributed by atoms with Gasteiger partial charge in [-0.3, -0.25) is 14.4 Å². The number of benzene rings is 1. The lowest BCUT2D eigenvalue weighted by molar-refractivity contribution is -0.129. The molecule has 1 N–H and O–H groups in total. The Morgan fingerprint density at radius 3 is 2.21 bits per heavy atom. The average molecular weight is 387 g/mol. The van der Waals surface area contributed by atoms with E-state index in [0.29, 0.717) is 30.9 Å². The van der Waals surface area contributed by atoms with Gasteiger partial charge in [-0.25, -0.2) is 0 Å². The average Bonchev–Trinajstić information content (AvgIpc) is 3.03. The van der Waals surface area contributed by atoms with Crippen molar-refractivity contribution in [2.24, 2.45) is 5.92 Å². The molecular formula is C21H29N3O4. The van der Waals surface area contributed by atoms with Crippen LogP contribution in [0, 0.1) is 5.92 Å². The van der Waals surface area contributed by atoms with Crippen molar-refractivity contribution >= 4 is 23.4 Å². The fourth-order valence-corrected chi connectivity index (χ4v) is 3.87. The highest BCUT2D eigenvalue weighted by molar-refractivity contribution is 5.98. The Bertz CT molecular complexity index is 737. The van der Waals surface area contributed by atoms with Crippen LogP contribution >= 0.6 is 0 Å². The van der Waals surface area contributed by atoms with Crippen molar-refractivity contribution in [3.8, 4) is 0 Å². The second-order valence-electron chi connectivity index (χ2n) is 8.07. The molecule has 0 aromatic heterocycles. The van der Waals surface area contributed by atoms with Crippen molar-refractivity contribution in [2.75, 3.05) is 25.0 Å². The zero-order valence-corrected chi connectivity index (χ0v) is 17.0. The summed E-state index contributed by atoms with van der Waals surface area (Å²) >= 11 is 0. The minimum absolute atomic E-state index is 0.0186. The summed E-state index contributed by atoms with van der Waals surface area (Å²) in [7, 11) is 0. The summed E-state index contributed by atoms with van der Waals surface area (Å²) in [6.07, 6.45) is 0.283. The quantitative estimate of drug-likeness (QED) is 0.858. The molecule has 7 heteroatoms. The first-order valence-corrected chi connectivity index (χ1v) is 9.89. The minimum Gasteiger partial charge on any atom is -0.372 e. The molecule has 2 heterocycles. The third kappa shape index (κ3) is 4.52. The number of rotatable bonds is 4. The molecule has 2 aliphatic rings. The van der Waals surface area contributed by atoms with Crippen LogP contribution in [0.25, 0.3) is 0 Å². The molecule has 3 rings (SSSR count). The molecule has 3 unspecified atom stereocenters. The molecule has 0 spiro atoms. The fraction of sp³-hybridized carbons (Fsp3) is 0.571. The Morgan fingerprint density at radius 1 is 1.07 bits per heavy atom. The highest BCUT2D eigenvalue weighted by Gasteiger charge is 2.35. The molecule has 3 amide bonds. The number of amides is 3. The van der Waals surface area contributed by atoms with Gasteiger partial charge in [0.25, 0.3) is 5.91 Å². The molecule has 0 radical (unpaired) electrons. The second-order valence-corrected chi connectivity index (χ2v) is 8.07. The molecule has 28 heavy (non-hydrogen) atoms. The Balaban J connectivity index is 1.59. The Hall–Kier alpha value is -2.41. The number of nitrogens with one attached hydrogen (secondary N) is 1. The molecule has 0 saturated carbocycles. The first-order chi connectivity index (χ1) is 13.2. The van der Waals surface area contributed by atoms with Gasteiger partial charge in [0.1, 0.15) is 0 Å². The van der Waals surface area contributed by atoms with E-state index in [1.807, 2.05) is 27.7 Å². The van der Waals surface area contributed by atoms with Gasteiger partial charge in [0, 0.05) is 43.3 Å². The summed E-state index contributed by atoms with van der Waals surface area (Å²) < 4.78 is 5.67. The van der Waals surface area contributed by atoms with E-state index in [0.717, 1.165) is 0 Å². The van der Waals surface area contributed by atoms with Crippen LogP contribution in [0.2, 0.25) is 0 Å². The number of morpholine rings is 1. The fourth-order valence-electron chi connectivity index (χ4n) is 3.87. The van der Waals surface area contributed by atoms with Gasteiger partial charge < -0.3 is 19.9 Å². The maximum atomic E-state index is 12.7. The molecule has 152 valence electrons. The van der Waals surface area contributed by atoms with Crippen LogP contribution in [0.1, 0.15) is 44.5 Å². The van der Waals surface area contributed by atoms with Gasteiger partial charge in [0.2, 0.25) is 11.8 Å². The van der Waals surface area contributed by atoms with Gasteiger partial charge in [-0.15, -0.1) is 0 Å². The number of carbonyl (C=O) groups excluding carboxylic acids is 3. The molecule has 0 aliphatic carbocycles. The Morgan fingerprint density at radius 2 is 1.68 bits per heavy atom. The summed E-state index contributed by atoms with van der Waals surface area (Å²) in [5.41, 5.74) is 1.21. The standard InChI is InChI=1S/C21H29N3O4/c1-13(2)24-12-17(9-19(24)25)20(26)22-18-7-5-16(6-8-18)21(27)23-10-14(3)28-15(4)11-23/h5-8,13-15,17H,9-12H2,1-4H3,(H,22,26). The smallest absolute Gasteiger partial charge is 0.254 e. The van der Waals surface area contributed by atoms with Crippen molar-refractivity contribution in [1.82, 2.24) is 9.80 Å². The molecule has 0 bridgehead atoms. The maximum absolute atomic E-state index is 12.7. The molecule has 3 atom stereocenters. The lowest BCUT2D eigenvalue weighted by atomic mass is 10.1. The van der Waals surface area contributed by atoms with E-state index in [2.05, 4.69) is 5.32 Å². The van der Waals surface area contributed by atoms with Crippen molar-refractivity contribution in [3.63, 3.8) is 0 Å². The van der Waals surface area contributed by atoms with Crippen LogP contribution < -0.4 is 5.32 Å². The largest absolute Gasteiger partial charge is 0.372 e. The predicted molar refractivity (Wildman–Crippen MR) is 106 cm³/mol. The molecule has 1 aromatic carbocycles. The molecule has 1 aromatic rings. The van der Waals surface area contributed by atoms with E-state index in [1.54, 1.807) is 34.1 Å². The molecule has 2 saturated heterocycles. The maximum Gasteiger partial charge on any atom is 0.254 e. The number of nitrogens with zero attached hydrogens (tertiary/aromatic N) is 2. The lowest BCUT2D eigenvalue weighted by Crippen LogP contribution is -2.48. The zero-order valence-electron chi connectivity index (χ0n) is 17.0. The molecule has 7 nitrogen and oxygen atoms in total. The van der Waals surface area contributed by atoms with Gasteiger partial charge in [0.15, 0.2) is 0 Å². The summed E-state index contributed by atoms with van der Waals surface area (Å²) in [6.45, 7) is 9.42. The monoisotopic (exact) mass is 387 g/mol. The van der Waals surface area contributed by atoms with Gasteiger partial charge in [-0.1, -0.05) is 0 Å². The van der Waals surface area contributed by atoms with Crippen LogP contribution in [0.15, 0.2) is 24.3 Å². The van der Waals surface area contributed by atoms with E-state index in [4.69, 9.17) is 4.74 Å². The summed E-state index contributed by atoms with van der Waals surface area (Å²) in [5.74, 6) is -0.516. The van der Waals surface area contributed by atoms with Crippen LogP contribution in [-0.4, -0.2) is 65.4 Å². The van der Waals surface area contributed by atoms with E-state index in [1.165, 1.54) is 0 Å². The lowest BCUT2D eigenvalue weighted by Gasteiger charge is -2.35. The number of carbonyl (C=O) groups is 3. The van der Waals surface area contributed by atoms with Crippen molar-refractivity contribution < 1.29 is 19.1 Å². The van der Waals surface area contributed by atoms with E-state index in [9.17, 15) is 14.4 Å². The molecular weight excluding hydrogens is 358 g/mol. The molecule has 2 fully saturated rings. The van der Waals surface area contributed by atoms with Crippen LogP contribution in [0.4, 0.5) is 5.69 Å². The Kier molecular flexibility index (Phi) is 6.03. The second kappa shape index (κ2) is 8.31. The highest BCUT2D eigenvalue weighted by Crippen LogP contribution is 2.22. The van der Waals surface area contributed by atoms with Gasteiger partial charge >= 0.3 is 0 Å². The normalized spacial score (nSPS) is 25.3. The third-order valence-electron chi connectivity index (χ3n) is 5.26. The number of likely N-dealkylation sites (tertiary alicyclic amines) is 1. The van der Waals surface area contributed by atoms with Crippen LogP contribution in [0.3, 0.4) is 0 Å². The van der Waals surface area contributed by atoms with Gasteiger partial charge in [-0.05, 0) is 52.0 Å². The predicted octanol–water partition coefficient (Wildman–Crippen LogP) is 2.13.